The Morgan fingerprint density at radius 3 is 2.20 bits per heavy atom. The number of aliphatic hydroxyl groups excluding tert-OH is 3. The lowest BCUT2D eigenvalue weighted by atomic mass is 9.99. The van der Waals surface area contributed by atoms with Gasteiger partial charge in [0.05, 0.1) is 45.2 Å². The molecular formula is C38H55N13O26P4. The molecule has 16 atom stereocenters. The number of ether oxygens (including phenoxy) is 5. The van der Waals surface area contributed by atoms with Crippen LogP contribution in [0, 0.1) is 5.92 Å². The molecule has 0 aromatic carbocycles. The van der Waals surface area contributed by atoms with E-state index in [9.17, 15) is 72.3 Å². The maximum atomic E-state index is 13.5. The van der Waals surface area contributed by atoms with Gasteiger partial charge in [-0.05, 0) is 6.42 Å². The molecule has 0 radical (unpaired) electrons. The average molecular weight is 1230 g/mol. The molecule has 13 N–H and O–H groups in total. The third-order valence-electron chi connectivity index (χ3n) is 12.6. The second-order valence-electron chi connectivity index (χ2n) is 18.1. The number of unbranched alkanes of at least 4 members (excludes halogenated alkanes) is 2. The van der Waals surface area contributed by atoms with Crippen LogP contribution in [0.15, 0.2) is 45.6 Å². The van der Waals surface area contributed by atoms with Crippen LogP contribution in [-0.2, 0) is 75.7 Å². The van der Waals surface area contributed by atoms with Crippen LogP contribution in [0.5, 0.6) is 0 Å². The molecule has 0 aliphatic carbocycles. The number of H-pyrrole nitrogens is 2. The fourth-order valence-electron chi connectivity index (χ4n) is 8.86. The number of aromatic nitrogens is 10. The zero-order valence-electron chi connectivity index (χ0n) is 42.3. The highest BCUT2D eigenvalue weighted by Crippen LogP contribution is 2.68. The monoisotopic (exact) mass is 1230 g/mol. The van der Waals surface area contributed by atoms with Gasteiger partial charge in [0.15, 0.2) is 30.2 Å². The van der Waals surface area contributed by atoms with Crippen molar-refractivity contribution < 1.29 is 113 Å². The van der Waals surface area contributed by atoms with Gasteiger partial charge in [0.2, 0.25) is 11.7 Å². The van der Waals surface area contributed by atoms with Crippen molar-refractivity contribution in [1.82, 2.24) is 48.9 Å². The first-order chi connectivity index (χ1) is 38.1. The topological polar surface area (TPSA) is 548 Å². The van der Waals surface area contributed by atoms with E-state index in [0.29, 0.717) is 11.0 Å². The number of amides is 1. The number of methoxy groups -OCH3 is 1. The molecule has 81 heavy (non-hydrogen) atoms. The van der Waals surface area contributed by atoms with Crippen molar-refractivity contribution in [3.05, 3.63) is 62.4 Å². The van der Waals surface area contributed by atoms with Crippen LogP contribution in [0.3, 0.4) is 0 Å². The number of carbonyl (C=O) groups is 1. The maximum Gasteiger partial charge on any atom is 0.490 e. The van der Waals surface area contributed by atoms with Crippen LogP contribution in [0.25, 0.3) is 22.3 Å². The quantitative estimate of drug-likeness (QED) is 0.0155. The zero-order valence-corrected chi connectivity index (χ0v) is 45.9. The van der Waals surface area contributed by atoms with E-state index < -0.39 is 154 Å². The van der Waals surface area contributed by atoms with Crippen molar-refractivity contribution >= 4 is 71.5 Å². The van der Waals surface area contributed by atoms with Crippen LogP contribution in [0.4, 0.5) is 16.6 Å². The number of hydrogen-bond donors (Lipinski definition) is 11. The minimum Gasteiger partial charge on any atom is -0.756 e. The van der Waals surface area contributed by atoms with Gasteiger partial charge in [0.25, 0.3) is 24.9 Å². The Balaban J connectivity index is 0.945. The van der Waals surface area contributed by atoms with Gasteiger partial charge in [-0.1, -0.05) is 24.7 Å². The molecule has 8 heterocycles. The Labute approximate surface area is 453 Å². The second kappa shape index (κ2) is 24.9. The molecular weight excluding hydrogens is 1180 g/mol. The Morgan fingerprint density at radius 1 is 0.840 bits per heavy atom. The van der Waals surface area contributed by atoms with Crippen LogP contribution < -0.4 is 43.1 Å². The number of nitrogen functional groups attached to an aromatic ring is 2. The number of phosphoric acid groups is 4. The van der Waals surface area contributed by atoms with E-state index in [0.717, 1.165) is 44.9 Å². The van der Waals surface area contributed by atoms with Crippen molar-refractivity contribution in [3.8, 4) is 0 Å². The fourth-order valence-corrected chi connectivity index (χ4v) is 13.3. The number of aromatic amines is 2. The predicted octanol–water partition coefficient (Wildman–Crippen LogP) is -3.34. The van der Waals surface area contributed by atoms with Crippen LogP contribution in [0.1, 0.15) is 44.9 Å². The summed E-state index contributed by atoms with van der Waals surface area (Å²) in [6.07, 6.45) is -13.0. The van der Waals surface area contributed by atoms with E-state index in [1.165, 1.54) is 27.1 Å². The summed E-state index contributed by atoms with van der Waals surface area (Å²) in [6, 6.07) is 0.910. The van der Waals surface area contributed by atoms with Crippen molar-refractivity contribution in [1.29, 1.82) is 0 Å². The molecule has 3 aliphatic rings. The van der Waals surface area contributed by atoms with Crippen LogP contribution in [0.2, 0.25) is 0 Å². The summed E-state index contributed by atoms with van der Waals surface area (Å²) in [5.74, 6) is -1.74. The lowest BCUT2D eigenvalue weighted by molar-refractivity contribution is -0.745. The molecule has 4 unspecified atom stereocenters. The number of nitrogens with zero attached hydrogens (tertiary/aromatic N) is 8. The van der Waals surface area contributed by atoms with Gasteiger partial charge in [0, 0.05) is 25.9 Å². The highest BCUT2D eigenvalue weighted by molar-refractivity contribution is 7.66. The summed E-state index contributed by atoms with van der Waals surface area (Å²) in [7, 11) is -21.4. The number of hydrogen-bond acceptors (Lipinski definition) is 29. The van der Waals surface area contributed by atoms with E-state index >= 15 is 0 Å². The third kappa shape index (κ3) is 14.2. The normalized spacial score (nSPS) is 28.9. The van der Waals surface area contributed by atoms with Gasteiger partial charge in [-0.25, -0.2) is 42.8 Å². The van der Waals surface area contributed by atoms with Gasteiger partial charge in [-0.2, -0.15) is 8.62 Å². The first-order valence-corrected chi connectivity index (χ1v) is 29.8. The predicted molar refractivity (Wildman–Crippen MR) is 262 cm³/mol. The number of nitrogens with one attached hydrogen (secondary N) is 3. The largest absolute Gasteiger partial charge is 0.756 e. The number of phosphoric ester groups is 3. The van der Waals surface area contributed by atoms with E-state index in [4.69, 9.17) is 53.2 Å². The molecule has 3 saturated heterocycles. The van der Waals surface area contributed by atoms with E-state index in [1.54, 1.807) is 0 Å². The van der Waals surface area contributed by atoms with Gasteiger partial charge in [-0.3, -0.25) is 46.9 Å². The number of rotatable bonds is 25. The molecule has 1 amide bonds. The molecule has 43 heteroatoms. The first-order valence-electron chi connectivity index (χ1n) is 23.9. The van der Waals surface area contributed by atoms with Crippen molar-refractivity contribution in [2.75, 3.05) is 51.5 Å². The molecule has 448 valence electrons. The van der Waals surface area contributed by atoms with Crippen molar-refractivity contribution in [3.63, 3.8) is 0 Å². The standard InChI is InChI=1S/C38H55N13O26P4/c1-4-5-6-8-41-38(58)68-10-17-18(72-33(24(17)53)51-16-48(2)23-31(51)46-36(40)47-32(23)56)11-70-79(61,62)76-81(65,66)77-80(63,64)71-13-20-27(28(67-3)35(74-20)50-15-44-22-29(39)42-14-43-30(22)50)75-78(59,60)69-12-19-25(54)26(55)34(73-19)49-9-7-21(52)45-37(49)57/h7,9,14-20,24-28,33-35,53-55H,4-6,8,10-13H2,1-3H3,(H10-,39,40,41,42,43,45,46,47,52,56,57,58,59,60,61,62,63,64,65,66)/t17-,18-,19-,20-,24-,25-,26-,27-,28-,33-,34-,35-/m1/s1. The second-order valence-corrected chi connectivity index (χ2v) is 24.1. The Hall–Kier alpha value is -5.31. The summed E-state index contributed by atoms with van der Waals surface area (Å²) in [5.41, 5.74) is 9.07. The minimum atomic E-state index is -6.27. The number of alkyl carbamates (subject to hydrolysis) is 1. The van der Waals surface area contributed by atoms with Crippen LogP contribution >= 0.6 is 31.3 Å². The van der Waals surface area contributed by atoms with Gasteiger partial charge in [0.1, 0.15) is 61.2 Å². The zero-order chi connectivity index (χ0) is 58.9. The van der Waals surface area contributed by atoms with Gasteiger partial charge >= 0.3 is 40.9 Å². The summed E-state index contributed by atoms with van der Waals surface area (Å²) >= 11 is 0. The number of aliphatic hydroxyl groups is 3. The number of aryl methyl sites for hydroxylation is 1. The molecule has 3 aliphatic heterocycles. The Morgan fingerprint density at radius 2 is 1.52 bits per heavy atom. The van der Waals surface area contributed by atoms with Crippen molar-refractivity contribution in [2.45, 2.75) is 93.7 Å². The molecule has 0 bridgehead atoms. The lowest BCUT2D eigenvalue weighted by Crippen LogP contribution is -2.46. The summed E-state index contributed by atoms with van der Waals surface area (Å²) in [5, 5.41) is 35.4. The van der Waals surface area contributed by atoms with Crippen LogP contribution in [-0.4, -0.2) is 169 Å². The third-order valence-corrected chi connectivity index (χ3v) is 17.8. The highest BCUT2D eigenvalue weighted by Gasteiger charge is 2.53. The van der Waals surface area contributed by atoms with Gasteiger partial charge in [-0.15, -0.1) is 0 Å². The average Bonchev–Trinajstić information content (AvgIpc) is 4.12. The molecule has 5 aromatic heterocycles. The molecule has 0 spiro atoms. The summed E-state index contributed by atoms with van der Waals surface area (Å²) in [4.78, 5) is 115. The molecule has 0 saturated carbocycles. The maximum absolute atomic E-state index is 13.5. The van der Waals surface area contributed by atoms with Crippen molar-refractivity contribution in [2.24, 2.45) is 13.0 Å². The summed E-state index contributed by atoms with van der Waals surface area (Å²) in [6.45, 7) is -1.94. The number of imidazole rings is 2. The Bertz CT molecular complexity index is 3470. The fraction of sp³-hybridized carbons (Fsp3) is 0.605. The summed E-state index contributed by atoms with van der Waals surface area (Å²) < 4.78 is 115. The molecule has 3 fully saturated rings. The molecule has 5 aromatic rings. The Kier molecular flexibility index (Phi) is 19.0. The number of anilines is 2. The van der Waals surface area contributed by atoms with E-state index in [-0.39, 0.29) is 40.6 Å². The number of nitrogens with two attached hydrogens (primary N) is 2. The van der Waals surface area contributed by atoms with Gasteiger partial charge < -0.3 is 84.4 Å². The van der Waals surface area contributed by atoms with E-state index in [1.807, 2.05) is 11.9 Å². The van der Waals surface area contributed by atoms with E-state index in [2.05, 4.69) is 38.9 Å². The number of fused-ring (bicyclic) bond motifs is 2. The lowest BCUT2D eigenvalue weighted by Gasteiger charge is -2.31. The highest BCUT2D eigenvalue weighted by atomic mass is 31.3. The minimum absolute atomic E-state index is 0.0204. The SMILES string of the molecule is CCCCCNC(=O)OC[C@H]1[C@@H](O)[C@H]([n+]2cn(C)c3c(=O)[nH]c(N)nc32)O[C@@H]1COP(=O)(O)OP(=O)(O)OP(=O)(O)OC[C@H]1O[C@@H](n2cnc3c(N)ncnc32)[C@H](OC)[C@@H]1OP(=O)([O-])OC[C@H]1O[C@@H](n2ccc(=O)[nH]c2=O)[C@H](O)[C@@H]1O. The smallest absolute Gasteiger partial charge is 0.490 e. The molecule has 8 rings (SSSR count). The first kappa shape index (κ1) is 61.8. The molecule has 39 nitrogen and oxygen atoms in total. The number of carbonyl (C=O) groups excluding carboxylic acids is 1.